The minimum Gasteiger partial charge on any atom is -0.478 e. The first-order chi connectivity index (χ1) is 8.00. The van der Waals surface area contributed by atoms with Crippen LogP contribution in [-0.4, -0.2) is 17.0 Å². The quantitative estimate of drug-likeness (QED) is 0.493. The fourth-order valence-electron chi connectivity index (χ4n) is 1.33. The van der Waals surface area contributed by atoms with Crippen molar-refractivity contribution in [2.75, 3.05) is 0 Å². The zero-order chi connectivity index (χ0) is 12.8. The average Bonchev–Trinajstić information content (AvgIpc) is 2.27. The number of esters is 1. The number of carbonyl (C=O) groups excluding carboxylic acids is 1. The molecule has 1 aromatic carbocycles. The Bertz CT molecular complexity index is 446. The minimum atomic E-state index is -1.18. The van der Waals surface area contributed by atoms with Gasteiger partial charge in [-0.25, -0.2) is 9.59 Å². The van der Waals surface area contributed by atoms with Gasteiger partial charge in [0.15, 0.2) is 0 Å². The highest BCUT2D eigenvalue weighted by atomic mass is 16.5. The van der Waals surface area contributed by atoms with Gasteiger partial charge >= 0.3 is 11.9 Å². The summed E-state index contributed by atoms with van der Waals surface area (Å²) in [5.41, 5.74) is 0.907. The minimum absolute atomic E-state index is 0.224. The fourth-order valence-corrected chi connectivity index (χ4v) is 1.33. The molecule has 0 aromatic heterocycles. The van der Waals surface area contributed by atoms with Gasteiger partial charge in [0.05, 0.1) is 0 Å². The molecule has 0 aliphatic heterocycles. The van der Waals surface area contributed by atoms with E-state index in [-0.39, 0.29) is 5.92 Å². The Balaban J connectivity index is 2.81. The van der Waals surface area contributed by atoms with E-state index in [1.165, 1.54) is 0 Å². The predicted molar refractivity (Wildman–Crippen MR) is 62.9 cm³/mol. The molecule has 0 fully saturated rings. The van der Waals surface area contributed by atoms with Gasteiger partial charge < -0.3 is 9.84 Å². The van der Waals surface area contributed by atoms with Crippen molar-refractivity contribution in [2.45, 2.75) is 19.8 Å². The summed E-state index contributed by atoms with van der Waals surface area (Å²) >= 11 is 0. The number of para-hydroxylation sites is 1. The topological polar surface area (TPSA) is 63.6 Å². The summed E-state index contributed by atoms with van der Waals surface area (Å²) < 4.78 is 5.07. The van der Waals surface area contributed by atoms with Crippen molar-refractivity contribution in [1.82, 2.24) is 0 Å². The number of carboxylic acids is 1. The van der Waals surface area contributed by atoms with Crippen LogP contribution in [0.25, 0.3) is 0 Å². The first-order valence-electron chi connectivity index (χ1n) is 5.22. The molecule has 1 aromatic rings. The van der Waals surface area contributed by atoms with E-state index in [1.807, 2.05) is 26.0 Å². The van der Waals surface area contributed by atoms with E-state index in [9.17, 15) is 9.59 Å². The Morgan fingerprint density at radius 2 is 1.88 bits per heavy atom. The first-order valence-corrected chi connectivity index (χ1v) is 5.22. The molecule has 0 radical (unpaired) electrons. The Morgan fingerprint density at radius 1 is 1.24 bits per heavy atom. The number of carbonyl (C=O) groups is 2. The summed E-state index contributed by atoms with van der Waals surface area (Å²) in [6, 6.07) is 7.17. The number of benzene rings is 1. The number of ether oxygens (including phenoxy) is 1. The van der Waals surface area contributed by atoms with Crippen molar-refractivity contribution < 1.29 is 19.4 Å². The van der Waals surface area contributed by atoms with E-state index in [4.69, 9.17) is 9.84 Å². The SMILES string of the molecule is CC(C)c1ccccc1OC(=O)/C=C/C(=O)O. The van der Waals surface area contributed by atoms with Gasteiger partial charge in [0.1, 0.15) is 5.75 Å². The maximum absolute atomic E-state index is 11.3. The molecule has 4 nitrogen and oxygen atoms in total. The van der Waals surface area contributed by atoms with Crippen LogP contribution in [0.4, 0.5) is 0 Å². The van der Waals surface area contributed by atoms with Gasteiger partial charge in [-0.3, -0.25) is 0 Å². The molecule has 1 N–H and O–H groups in total. The lowest BCUT2D eigenvalue weighted by atomic mass is 10.0. The third-order valence-corrected chi connectivity index (χ3v) is 2.11. The Morgan fingerprint density at radius 3 is 2.47 bits per heavy atom. The summed E-state index contributed by atoms with van der Waals surface area (Å²) in [7, 11) is 0. The van der Waals surface area contributed by atoms with E-state index in [0.29, 0.717) is 5.75 Å². The molecule has 0 atom stereocenters. The predicted octanol–water partition coefficient (Wildman–Crippen LogP) is 2.36. The third kappa shape index (κ3) is 4.10. The maximum Gasteiger partial charge on any atom is 0.336 e. The smallest absolute Gasteiger partial charge is 0.336 e. The zero-order valence-corrected chi connectivity index (χ0v) is 9.71. The molecule has 17 heavy (non-hydrogen) atoms. The molecule has 0 bridgehead atoms. The van der Waals surface area contributed by atoms with Crippen molar-refractivity contribution in [1.29, 1.82) is 0 Å². The summed E-state index contributed by atoms with van der Waals surface area (Å²) in [4.78, 5) is 21.6. The van der Waals surface area contributed by atoms with Gasteiger partial charge in [-0.1, -0.05) is 32.0 Å². The number of carboxylic acid groups (broad SMARTS) is 1. The largest absolute Gasteiger partial charge is 0.478 e. The molecule has 1 rings (SSSR count). The van der Waals surface area contributed by atoms with Crippen LogP contribution in [0, 0.1) is 0 Å². The summed E-state index contributed by atoms with van der Waals surface area (Å²) in [6.45, 7) is 3.97. The second-order valence-electron chi connectivity index (χ2n) is 3.79. The van der Waals surface area contributed by atoms with Crippen molar-refractivity contribution in [3.63, 3.8) is 0 Å². The van der Waals surface area contributed by atoms with E-state index in [1.54, 1.807) is 12.1 Å². The summed E-state index contributed by atoms with van der Waals surface area (Å²) in [6.07, 6.45) is 1.64. The van der Waals surface area contributed by atoms with Crippen LogP contribution >= 0.6 is 0 Å². The van der Waals surface area contributed by atoms with Crippen LogP contribution in [0.3, 0.4) is 0 Å². The molecule has 0 saturated carbocycles. The molecule has 0 aliphatic rings. The van der Waals surface area contributed by atoms with Crippen molar-refractivity contribution in [3.05, 3.63) is 42.0 Å². The van der Waals surface area contributed by atoms with Gasteiger partial charge in [-0.05, 0) is 17.5 Å². The van der Waals surface area contributed by atoms with Crippen LogP contribution in [0.1, 0.15) is 25.3 Å². The van der Waals surface area contributed by atoms with Gasteiger partial charge in [0.2, 0.25) is 0 Å². The molecule has 0 heterocycles. The fraction of sp³-hybridized carbons (Fsp3) is 0.231. The normalized spacial score (nSPS) is 10.8. The van der Waals surface area contributed by atoms with Gasteiger partial charge in [-0.15, -0.1) is 0 Å². The molecular weight excluding hydrogens is 220 g/mol. The molecular formula is C13H14O4. The van der Waals surface area contributed by atoms with Crippen molar-refractivity contribution in [2.24, 2.45) is 0 Å². The van der Waals surface area contributed by atoms with E-state index < -0.39 is 11.9 Å². The summed E-state index contributed by atoms with van der Waals surface area (Å²) in [5.74, 6) is -1.19. The Labute approximate surface area is 99.5 Å². The third-order valence-electron chi connectivity index (χ3n) is 2.11. The lowest BCUT2D eigenvalue weighted by Crippen LogP contribution is -2.07. The molecule has 0 amide bonds. The first kappa shape index (κ1) is 13.0. The van der Waals surface area contributed by atoms with Crippen LogP contribution in [0.15, 0.2) is 36.4 Å². The van der Waals surface area contributed by atoms with E-state index >= 15 is 0 Å². The highest BCUT2D eigenvalue weighted by Crippen LogP contribution is 2.25. The molecule has 4 heteroatoms. The highest BCUT2D eigenvalue weighted by molar-refractivity contribution is 5.91. The zero-order valence-electron chi connectivity index (χ0n) is 9.71. The van der Waals surface area contributed by atoms with Crippen LogP contribution < -0.4 is 4.74 Å². The molecule has 90 valence electrons. The van der Waals surface area contributed by atoms with Crippen LogP contribution in [0.5, 0.6) is 5.75 Å². The lowest BCUT2D eigenvalue weighted by Gasteiger charge is -2.11. The maximum atomic E-state index is 11.3. The number of rotatable bonds is 4. The van der Waals surface area contributed by atoms with Crippen molar-refractivity contribution >= 4 is 11.9 Å². The van der Waals surface area contributed by atoms with Gasteiger partial charge in [0.25, 0.3) is 0 Å². The lowest BCUT2D eigenvalue weighted by molar-refractivity contribution is -0.133. The molecule has 0 unspecified atom stereocenters. The van der Waals surface area contributed by atoms with E-state index in [0.717, 1.165) is 17.7 Å². The molecule has 0 saturated heterocycles. The Kier molecular flexibility index (Phi) is 4.46. The van der Waals surface area contributed by atoms with E-state index in [2.05, 4.69) is 0 Å². The number of aliphatic carboxylic acids is 1. The monoisotopic (exact) mass is 234 g/mol. The van der Waals surface area contributed by atoms with Crippen LogP contribution in [-0.2, 0) is 9.59 Å². The van der Waals surface area contributed by atoms with Crippen LogP contribution in [0.2, 0.25) is 0 Å². The Hall–Kier alpha value is -2.10. The second kappa shape index (κ2) is 5.84. The summed E-state index contributed by atoms with van der Waals surface area (Å²) in [5, 5.41) is 8.38. The number of hydrogen-bond donors (Lipinski definition) is 1. The standard InChI is InChI=1S/C13H14O4/c1-9(2)10-5-3-4-6-11(10)17-13(16)8-7-12(14)15/h3-9H,1-2H3,(H,14,15)/b8-7+. The highest BCUT2D eigenvalue weighted by Gasteiger charge is 2.09. The van der Waals surface area contributed by atoms with Gasteiger partial charge in [-0.2, -0.15) is 0 Å². The van der Waals surface area contributed by atoms with Crippen molar-refractivity contribution in [3.8, 4) is 5.75 Å². The van der Waals surface area contributed by atoms with Gasteiger partial charge in [0, 0.05) is 12.2 Å². The average molecular weight is 234 g/mol. The molecule has 0 aliphatic carbocycles. The second-order valence-corrected chi connectivity index (χ2v) is 3.79. The number of hydrogen-bond acceptors (Lipinski definition) is 3. The molecule has 0 spiro atoms.